The zero-order valence-corrected chi connectivity index (χ0v) is 17.1. The highest BCUT2D eigenvalue weighted by Gasteiger charge is 2.18. The molecule has 7 heteroatoms. The highest BCUT2D eigenvalue weighted by molar-refractivity contribution is 5.81. The molecule has 0 atom stereocenters. The van der Waals surface area contributed by atoms with E-state index < -0.39 is 0 Å². The Kier molecular flexibility index (Phi) is 9.31. The summed E-state index contributed by atoms with van der Waals surface area (Å²) >= 11 is 0. The molecule has 1 heterocycles. The van der Waals surface area contributed by atoms with Crippen LogP contribution in [0.2, 0.25) is 0 Å². The second kappa shape index (κ2) is 12.0. The first-order valence-corrected chi connectivity index (χ1v) is 10.2. The van der Waals surface area contributed by atoms with Crippen molar-refractivity contribution < 1.29 is 9.59 Å². The minimum Gasteiger partial charge on any atom is -0.357 e. The number of nitrogens with one attached hydrogen (secondary N) is 2. The minimum atomic E-state index is 0.0970. The monoisotopic (exact) mass is 387 g/mol. The summed E-state index contributed by atoms with van der Waals surface area (Å²) in [4.78, 5) is 32.1. The fourth-order valence-electron chi connectivity index (χ4n) is 3.16. The van der Waals surface area contributed by atoms with Crippen molar-refractivity contribution in [2.24, 2.45) is 4.99 Å². The number of guanidine groups is 1. The number of hydrogen-bond acceptors (Lipinski definition) is 3. The summed E-state index contributed by atoms with van der Waals surface area (Å²) in [6.45, 7) is 6.22. The molecule has 2 rings (SSSR count). The molecule has 1 fully saturated rings. The molecule has 7 nitrogen and oxygen atoms in total. The van der Waals surface area contributed by atoms with Crippen molar-refractivity contribution in [1.29, 1.82) is 0 Å². The first kappa shape index (κ1) is 21.7. The van der Waals surface area contributed by atoms with Gasteiger partial charge in [0.25, 0.3) is 0 Å². The van der Waals surface area contributed by atoms with Gasteiger partial charge in [0.1, 0.15) is 0 Å². The molecule has 1 aromatic carbocycles. The van der Waals surface area contributed by atoms with Gasteiger partial charge in [0.05, 0.1) is 0 Å². The van der Waals surface area contributed by atoms with Crippen molar-refractivity contribution in [3.8, 4) is 0 Å². The number of carbonyl (C=O) groups is 2. The molecule has 0 saturated carbocycles. The molecule has 0 spiro atoms. The Bertz CT molecular complexity index is 647. The van der Waals surface area contributed by atoms with Gasteiger partial charge in [0.2, 0.25) is 11.8 Å². The standard InChI is InChI=1S/C21H33N5O2/c1-3-22-21(23-13-8-16-26-15-7-11-20(26)28)24-14-12-19(27)25(2)17-18-9-5-4-6-10-18/h4-6,9-10H,3,7-8,11-17H2,1-2H3,(H2,22,23,24). The van der Waals surface area contributed by atoms with Crippen molar-refractivity contribution in [3.05, 3.63) is 35.9 Å². The first-order chi connectivity index (χ1) is 13.6. The number of amides is 2. The molecule has 1 saturated heterocycles. The van der Waals surface area contributed by atoms with Gasteiger partial charge in [-0.05, 0) is 25.3 Å². The summed E-state index contributed by atoms with van der Waals surface area (Å²) in [5.74, 6) is 1.07. The van der Waals surface area contributed by atoms with Gasteiger partial charge in [0.15, 0.2) is 5.96 Å². The highest BCUT2D eigenvalue weighted by Crippen LogP contribution is 2.09. The second-order valence-corrected chi connectivity index (χ2v) is 7.01. The molecule has 1 aliphatic heterocycles. The predicted molar refractivity (Wildman–Crippen MR) is 112 cm³/mol. The second-order valence-electron chi connectivity index (χ2n) is 7.01. The topological polar surface area (TPSA) is 77.0 Å². The highest BCUT2D eigenvalue weighted by atomic mass is 16.2. The average molecular weight is 388 g/mol. The summed E-state index contributed by atoms with van der Waals surface area (Å²) in [6, 6.07) is 9.98. The van der Waals surface area contributed by atoms with Crippen molar-refractivity contribution in [1.82, 2.24) is 20.4 Å². The minimum absolute atomic E-state index is 0.0970. The Morgan fingerprint density at radius 3 is 2.71 bits per heavy atom. The van der Waals surface area contributed by atoms with Crippen LogP contribution in [-0.4, -0.2) is 67.3 Å². The van der Waals surface area contributed by atoms with Gasteiger partial charge in [-0.15, -0.1) is 0 Å². The van der Waals surface area contributed by atoms with E-state index in [-0.39, 0.29) is 11.8 Å². The third-order valence-corrected chi connectivity index (χ3v) is 4.69. The van der Waals surface area contributed by atoms with Crippen LogP contribution in [0.15, 0.2) is 35.3 Å². The molecule has 28 heavy (non-hydrogen) atoms. The summed E-state index contributed by atoms with van der Waals surface area (Å²) < 4.78 is 0. The van der Waals surface area contributed by atoms with Crippen LogP contribution >= 0.6 is 0 Å². The molecule has 0 bridgehead atoms. The van der Waals surface area contributed by atoms with Crippen molar-refractivity contribution in [2.45, 2.75) is 39.2 Å². The number of likely N-dealkylation sites (tertiary alicyclic amines) is 1. The van der Waals surface area contributed by atoms with Crippen molar-refractivity contribution >= 4 is 17.8 Å². The number of carbonyl (C=O) groups excluding carboxylic acids is 2. The number of nitrogens with zero attached hydrogens (tertiary/aromatic N) is 3. The summed E-state index contributed by atoms with van der Waals surface area (Å²) in [6.07, 6.45) is 2.91. The normalized spacial score (nSPS) is 14.3. The van der Waals surface area contributed by atoms with E-state index in [0.29, 0.717) is 38.4 Å². The van der Waals surface area contributed by atoms with Crippen LogP contribution in [0, 0.1) is 0 Å². The van der Waals surface area contributed by atoms with Crippen LogP contribution in [0.1, 0.15) is 38.2 Å². The smallest absolute Gasteiger partial charge is 0.224 e. The molecular weight excluding hydrogens is 354 g/mol. The van der Waals surface area contributed by atoms with Crippen molar-refractivity contribution in [2.75, 3.05) is 39.8 Å². The molecule has 0 aromatic heterocycles. The lowest BCUT2D eigenvalue weighted by atomic mass is 10.2. The number of aliphatic imine (C=N–C) groups is 1. The van der Waals surface area contributed by atoms with E-state index in [9.17, 15) is 9.59 Å². The average Bonchev–Trinajstić information content (AvgIpc) is 3.10. The Balaban J connectivity index is 1.68. The van der Waals surface area contributed by atoms with Crippen LogP contribution in [0.25, 0.3) is 0 Å². The quantitative estimate of drug-likeness (QED) is 0.363. The summed E-state index contributed by atoms with van der Waals surface area (Å²) in [5.41, 5.74) is 1.12. The molecular formula is C21H33N5O2. The van der Waals surface area contributed by atoms with Gasteiger partial charge < -0.3 is 20.4 Å². The van der Waals surface area contributed by atoms with E-state index in [1.165, 1.54) is 0 Å². The number of hydrogen-bond donors (Lipinski definition) is 2. The maximum atomic E-state index is 12.3. The molecule has 0 aliphatic carbocycles. The van der Waals surface area contributed by atoms with E-state index in [0.717, 1.165) is 38.0 Å². The molecule has 1 aromatic rings. The van der Waals surface area contributed by atoms with E-state index in [1.54, 1.807) is 4.90 Å². The first-order valence-electron chi connectivity index (χ1n) is 10.2. The van der Waals surface area contributed by atoms with Gasteiger partial charge in [-0.3, -0.25) is 14.6 Å². The largest absolute Gasteiger partial charge is 0.357 e. The molecule has 1 aliphatic rings. The SMILES string of the molecule is CCNC(=NCCCN1CCCC1=O)NCCC(=O)N(C)Cc1ccccc1. The third kappa shape index (κ3) is 7.58. The molecule has 2 amide bonds. The van der Waals surface area contributed by atoms with E-state index >= 15 is 0 Å². The third-order valence-electron chi connectivity index (χ3n) is 4.69. The van der Waals surface area contributed by atoms with E-state index in [2.05, 4.69) is 15.6 Å². The molecule has 0 unspecified atom stereocenters. The Morgan fingerprint density at radius 1 is 1.25 bits per heavy atom. The van der Waals surface area contributed by atoms with Gasteiger partial charge in [-0.2, -0.15) is 0 Å². The lowest BCUT2D eigenvalue weighted by Gasteiger charge is -2.18. The Labute approximate surface area is 168 Å². The summed E-state index contributed by atoms with van der Waals surface area (Å²) in [5, 5.41) is 6.41. The Hall–Kier alpha value is -2.57. The maximum Gasteiger partial charge on any atom is 0.224 e. The van der Waals surface area contributed by atoms with Gasteiger partial charge in [-0.1, -0.05) is 30.3 Å². The van der Waals surface area contributed by atoms with Crippen molar-refractivity contribution in [3.63, 3.8) is 0 Å². The van der Waals surface area contributed by atoms with Crippen LogP contribution in [0.5, 0.6) is 0 Å². The van der Waals surface area contributed by atoms with Gasteiger partial charge in [-0.25, -0.2) is 0 Å². The zero-order chi connectivity index (χ0) is 20.2. The van der Waals surface area contributed by atoms with Crippen LogP contribution in [0.3, 0.4) is 0 Å². The van der Waals surface area contributed by atoms with Gasteiger partial charge in [0, 0.05) is 59.2 Å². The predicted octanol–water partition coefficient (Wildman–Crippen LogP) is 1.60. The number of benzene rings is 1. The van der Waals surface area contributed by atoms with Crippen LogP contribution < -0.4 is 10.6 Å². The lowest BCUT2D eigenvalue weighted by molar-refractivity contribution is -0.130. The molecule has 154 valence electrons. The zero-order valence-electron chi connectivity index (χ0n) is 17.1. The fraction of sp³-hybridized carbons (Fsp3) is 0.571. The van der Waals surface area contributed by atoms with E-state index in [4.69, 9.17) is 0 Å². The summed E-state index contributed by atoms with van der Waals surface area (Å²) in [7, 11) is 1.83. The maximum absolute atomic E-state index is 12.3. The Morgan fingerprint density at radius 2 is 2.04 bits per heavy atom. The van der Waals surface area contributed by atoms with Crippen LogP contribution in [0.4, 0.5) is 0 Å². The van der Waals surface area contributed by atoms with Crippen LogP contribution in [-0.2, 0) is 16.1 Å². The lowest BCUT2D eigenvalue weighted by Crippen LogP contribution is -2.39. The molecule has 2 N–H and O–H groups in total. The fourth-order valence-corrected chi connectivity index (χ4v) is 3.16. The van der Waals surface area contributed by atoms with Gasteiger partial charge >= 0.3 is 0 Å². The number of rotatable bonds is 10. The van der Waals surface area contributed by atoms with E-state index in [1.807, 2.05) is 49.2 Å². The molecule has 0 radical (unpaired) electrons.